The van der Waals surface area contributed by atoms with E-state index < -0.39 is 17.7 Å². The zero-order chi connectivity index (χ0) is 24.9. The summed E-state index contributed by atoms with van der Waals surface area (Å²) in [6.45, 7) is 6.96. The van der Waals surface area contributed by atoms with Gasteiger partial charge in [0.1, 0.15) is 17.3 Å². The lowest BCUT2D eigenvalue weighted by atomic mass is 9.95. The van der Waals surface area contributed by atoms with Crippen LogP contribution in [-0.4, -0.2) is 30.0 Å². The molecule has 3 aromatic carbocycles. The quantitative estimate of drug-likeness (QED) is 0.255. The van der Waals surface area contributed by atoms with Crippen molar-refractivity contribution in [1.29, 1.82) is 0 Å². The number of hydrogen-bond acceptors (Lipinski definition) is 5. The number of amides is 1. The summed E-state index contributed by atoms with van der Waals surface area (Å²) in [5.41, 5.74) is 2.72. The number of aliphatic hydroxyl groups excluding tert-OH is 1. The average Bonchev–Trinajstić information content (AvgIpc) is 3.13. The zero-order valence-electron chi connectivity index (χ0n) is 20.2. The molecule has 180 valence electrons. The van der Waals surface area contributed by atoms with E-state index in [0.717, 1.165) is 12.0 Å². The summed E-state index contributed by atoms with van der Waals surface area (Å²) in [4.78, 5) is 28.0. The van der Waals surface area contributed by atoms with Crippen molar-refractivity contribution in [3.63, 3.8) is 0 Å². The number of carbonyl (C=O) groups is 2. The van der Waals surface area contributed by atoms with Gasteiger partial charge in [-0.15, -0.1) is 0 Å². The van der Waals surface area contributed by atoms with Crippen LogP contribution in [0.5, 0.6) is 11.5 Å². The summed E-state index contributed by atoms with van der Waals surface area (Å²) in [5.74, 6) is -0.273. The second-order valence-corrected chi connectivity index (χ2v) is 8.38. The van der Waals surface area contributed by atoms with E-state index in [1.54, 1.807) is 42.5 Å². The van der Waals surface area contributed by atoms with Gasteiger partial charge in [0.25, 0.3) is 11.7 Å². The molecule has 0 radical (unpaired) electrons. The molecule has 1 saturated heterocycles. The predicted octanol–water partition coefficient (Wildman–Crippen LogP) is 5.81. The van der Waals surface area contributed by atoms with E-state index in [0.29, 0.717) is 41.5 Å². The van der Waals surface area contributed by atoms with Crippen molar-refractivity contribution in [2.75, 3.05) is 18.1 Å². The number of aryl methyl sites for hydroxylation is 1. The first kappa shape index (κ1) is 24.1. The molecule has 1 heterocycles. The Morgan fingerprint density at radius 2 is 1.57 bits per heavy atom. The van der Waals surface area contributed by atoms with Gasteiger partial charge in [0.15, 0.2) is 0 Å². The molecule has 6 heteroatoms. The van der Waals surface area contributed by atoms with Gasteiger partial charge in [0.2, 0.25) is 0 Å². The fraction of sp³-hybridized carbons (Fsp3) is 0.241. The lowest BCUT2D eigenvalue weighted by Crippen LogP contribution is -2.29. The van der Waals surface area contributed by atoms with Crippen LogP contribution in [0.2, 0.25) is 0 Å². The Balaban J connectivity index is 1.83. The zero-order valence-corrected chi connectivity index (χ0v) is 20.2. The maximum absolute atomic E-state index is 13.3. The van der Waals surface area contributed by atoms with Gasteiger partial charge in [0, 0.05) is 11.3 Å². The van der Waals surface area contributed by atoms with E-state index in [4.69, 9.17) is 9.47 Å². The van der Waals surface area contributed by atoms with Crippen LogP contribution in [0.4, 0.5) is 5.69 Å². The van der Waals surface area contributed by atoms with Gasteiger partial charge in [0.05, 0.1) is 24.8 Å². The Morgan fingerprint density at radius 3 is 2.20 bits per heavy atom. The van der Waals surface area contributed by atoms with Crippen molar-refractivity contribution in [3.05, 3.63) is 95.1 Å². The number of nitrogens with zero attached hydrogens (tertiary/aromatic N) is 1. The topological polar surface area (TPSA) is 76.1 Å². The van der Waals surface area contributed by atoms with E-state index >= 15 is 0 Å². The van der Waals surface area contributed by atoms with Crippen molar-refractivity contribution in [2.24, 2.45) is 0 Å². The fourth-order valence-corrected chi connectivity index (χ4v) is 4.19. The maximum atomic E-state index is 13.3. The summed E-state index contributed by atoms with van der Waals surface area (Å²) in [5, 5.41) is 11.3. The third kappa shape index (κ3) is 4.92. The largest absolute Gasteiger partial charge is 0.507 e. The van der Waals surface area contributed by atoms with Crippen LogP contribution >= 0.6 is 0 Å². The minimum atomic E-state index is -0.788. The molecule has 0 spiro atoms. The third-order valence-electron chi connectivity index (χ3n) is 5.83. The summed E-state index contributed by atoms with van der Waals surface area (Å²) in [6.07, 6.45) is 0.881. The van der Waals surface area contributed by atoms with Crippen LogP contribution in [0, 0.1) is 6.92 Å². The first-order valence-corrected chi connectivity index (χ1v) is 11.8. The molecule has 4 rings (SSSR count). The predicted molar refractivity (Wildman–Crippen MR) is 136 cm³/mol. The Kier molecular flexibility index (Phi) is 7.20. The minimum Gasteiger partial charge on any atom is -0.507 e. The molecule has 1 aliphatic heterocycles. The number of hydrogen-bond donors (Lipinski definition) is 1. The van der Waals surface area contributed by atoms with E-state index in [9.17, 15) is 14.7 Å². The number of carbonyl (C=O) groups excluding carboxylic acids is 2. The van der Waals surface area contributed by atoms with Crippen molar-refractivity contribution in [1.82, 2.24) is 0 Å². The molecule has 0 bridgehead atoms. The van der Waals surface area contributed by atoms with Crippen molar-refractivity contribution in [2.45, 2.75) is 33.2 Å². The van der Waals surface area contributed by atoms with E-state index in [1.807, 2.05) is 51.1 Å². The van der Waals surface area contributed by atoms with Crippen molar-refractivity contribution in [3.8, 4) is 11.5 Å². The average molecular weight is 472 g/mol. The van der Waals surface area contributed by atoms with Crippen LogP contribution in [0.25, 0.3) is 5.76 Å². The normalized spacial score (nSPS) is 17.0. The molecule has 1 N–H and O–H groups in total. The lowest BCUT2D eigenvalue weighted by molar-refractivity contribution is -0.132. The minimum absolute atomic E-state index is 0.0443. The Labute approximate surface area is 205 Å². The number of ketones is 1. The van der Waals surface area contributed by atoms with Gasteiger partial charge in [-0.05, 0) is 79.9 Å². The van der Waals surface area contributed by atoms with Gasteiger partial charge in [-0.3, -0.25) is 14.5 Å². The monoisotopic (exact) mass is 471 g/mol. The second kappa shape index (κ2) is 10.5. The lowest BCUT2D eigenvalue weighted by Gasteiger charge is -2.26. The highest BCUT2D eigenvalue weighted by Crippen LogP contribution is 2.42. The third-order valence-corrected chi connectivity index (χ3v) is 5.83. The van der Waals surface area contributed by atoms with Crippen LogP contribution in [0.1, 0.15) is 43.0 Å². The van der Waals surface area contributed by atoms with E-state index in [1.165, 1.54) is 4.90 Å². The first-order valence-electron chi connectivity index (χ1n) is 11.8. The number of aliphatic hydroxyl groups is 1. The Bertz CT molecular complexity index is 1240. The standard InChI is InChI=1S/C29H29NO5/c1-4-17-35-24-15-11-21(12-16-24)27(31)25-26(20-9-13-23(14-10-20)34-5-2)30(29(33)28(25)32)22-8-6-7-19(3)18-22/h6-16,18,26,31H,4-5,17H2,1-3H3/b27-25+. The van der Waals surface area contributed by atoms with E-state index in [2.05, 4.69) is 0 Å². The van der Waals surface area contributed by atoms with Crippen LogP contribution < -0.4 is 14.4 Å². The molecule has 1 unspecified atom stereocenters. The molecule has 1 fully saturated rings. The highest BCUT2D eigenvalue weighted by molar-refractivity contribution is 6.51. The molecule has 0 saturated carbocycles. The molecule has 0 aromatic heterocycles. The Morgan fingerprint density at radius 1 is 0.914 bits per heavy atom. The van der Waals surface area contributed by atoms with Crippen LogP contribution in [0.3, 0.4) is 0 Å². The summed E-state index contributed by atoms with van der Waals surface area (Å²) >= 11 is 0. The molecule has 0 aliphatic carbocycles. The number of anilines is 1. The molecule has 35 heavy (non-hydrogen) atoms. The van der Waals surface area contributed by atoms with Gasteiger partial charge < -0.3 is 14.6 Å². The van der Waals surface area contributed by atoms with Crippen molar-refractivity contribution < 1.29 is 24.2 Å². The number of rotatable bonds is 8. The summed E-state index contributed by atoms with van der Waals surface area (Å²) in [7, 11) is 0. The summed E-state index contributed by atoms with van der Waals surface area (Å²) < 4.78 is 11.2. The molecule has 6 nitrogen and oxygen atoms in total. The molecular formula is C29H29NO5. The smallest absolute Gasteiger partial charge is 0.300 e. The second-order valence-electron chi connectivity index (χ2n) is 8.38. The molecule has 1 aliphatic rings. The highest BCUT2D eigenvalue weighted by Gasteiger charge is 2.47. The maximum Gasteiger partial charge on any atom is 0.300 e. The first-order chi connectivity index (χ1) is 16.9. The molecule has 3 aromatic rings. The number of ether oxygens (including phenoxy) is 2. The number of Topliss-reactive ketones (excluding diaryl/α,β-unsaturated/α-hetero) is 1. The highest BCUT2D eigenvalue weighted by atomic mass is 16.5. The van der Waals surface area contributed by atoms with Crippen LogP contribution in [0.15, 0.2) is 78.4 Å². The summed E-state index contributed by atoms with van der Waals surface area (Å²) in [6, 6.07) is 20.7. The van der Waals surface area contributed by atoms with E-state index in [-0.39, 0.29) is 11.3 Å². The molecule has 1 amide bonds. The van der Waals surface area contributed by atoms with Gasteiger partial charge in [-0.2, -0.15) is 0 Å². The van der Waals surface area contributed by atoms with Gasteiger partial charge in [-0.1, -0.05) is 31.2 Å². The van der Waals surface area contributed by atoms with Crippen molar-refractivity contribution >= 4 is 23.1 Å². The molecular weight excluding hydrogens is 442 g/mol. The van der Waals surface area contributed by atoms with Gasteiger partial charge in [-0.25, -0.2) is 0 Å². The SMILES string of the molecule is CCCOc1ccc(/C(O)=C2\C(=O)C(=O)N(c3cccc(C)c3)C2c2ccc(OCC)cc2)cc1. The Hall–Kier alpha value is -4.06. The molecule has 1 atom stereocenters. The number of benzene rings is 3. The van der Waals surface area contributed by atoms with Crippen LogP contribution in [-0.2, 0) is 9.59 Å². The van der Waals surface area contributed by atoms with Gasteiger partial charge >= 0.3 is 0 Å². The fourth-order valence-electron chi connectivity index (χ4n) is 4.19.